The molecule has 2 N–H and O–H groups in total. The molecule has 0 fully saturated rings. The Kier molecular flexibility index (Phi) is 5.63. The van der Waals surface area contributed by atoms with Gasteiger partial charge in [-0.05, 0) is 31.0 Å². The molecule has 0 saturated carbocycles. The Morgan fingerprint density at radius 1 is 1.44 bits per heavy atom. The summed E-state index contributed by atoms with van der Waals surface area (Å²) in [5, 5.41) is 12.9. The number of aliphatic hydroxyl groups excluding tert-OH is 1. The molecule has 18 heavy (non-hydrogen) atoms. The highest BCUT2D eigenvalue weighted by atomic mass is 16.5. The second-order valence-corrected chi connectivity index (χ2v) is 5.20. The number of benzene rings is 1. The van der Waals surface area contributed by atoms with E-state index in [9.17, 15) is 5.11 Å². The molecule has 3 nitrogen and oxygen atoms in total. The molecule has 0 spiro atoms. The van der Waals surface area contributed by atoms with Crippen molar-refractivity contribution in [2.75, 3.05) is 20.3 Å². The van der Waals surface area contributed by atoms with Crippen LogP contribution in [0.15, 0.2) is 24.3 Å². The number of aliphatic hydroxyl groups is 1. The predicted octanol–water partition coefficient (Wildman–Crippen LogP) is 2.75. The Balaban J connectivity index is 2.62. The van der Waals surface area contributed by atoms with Crippen molar-refractivity contribution in [3.63, 3.8) is 0 Å². The van der Waals surface area contributed by atoms with Crippen LogP contribution in [0.4, 0.5) is 0 Å². The van der Waals surface area contributed by atoms with E-state index in [0.717, 1.165) is 18.7 Å². The molecular weight excluding hydrogens is 226 g/mol. The molecule has 1 rings (SSSR count). The lowest BCUT2D eigenvalue weighted by Gasteiger charge is -2.28. The van der Waals surface area contributed by atoms with E-state index in [1.165, 1.54) is 5.56 Å². The SMILES string of the molecule is CCC(C)(CO)CN[C@H](C)c1cccc(OC)c1. The van der Waals surface area contributed by atoms with Crippen molar-refractivity contribution < 1.29 is 9.84 Å². The third-order valence-corrected chi connectivity index (χ3v) is 3.66. The standard InChI is InChI=1S/C15H25NO2/c1-5-15(3,11-17)10-16-12(2)13-7-6-8-14(9-13)18-4/h6-9,12,16-17H,5,10-11H2,1-4H3/t12-,15?/m1/s1. The van der Waals surface area contributed by atoms with Crippen LogP contribution < -0.4 is 10.1 Å². The zero-order valence-corrected chi connectivity index (χ0v) is 11.9. The first-order valence-corrected chi connectivity index (χ1v) is 6.53. The van der Waals surface area contributed by atoms with Crippen molar-refractivity contribution in [3.05, 3.63) is 29.8 Å². The monoisotopic (exact) mass is 251 g/mol. The van der Waals surface area contributed by atoms with Crippen LogP contribution in [0.3, 0.4) is 0 Å². The molecule has 102 valence electrons. The van der Waals surface area contributed by atoms with E-state index in [1.807, 2.05) is 18.2 Å². The van der Waals surface area contributed by atoms with Crippen LogP contribution in [0.2, 0.25) is 0 Å². The van der Waals surface area contributed by atoms with Crippen molar-refractivity contribution in [1.82, 2.24) is 5.32 Å². The summed E-state index contributed by atoms with van der Waals surface area (Å²) >= 11 is 0. The molecule has 2 atom stereocenters. The number of ether oxygens (including phenoxy) is 1. The molecule has 3 heteroatoms. The van der Waals surface area contributed by atoms with Gasteiger partial charge in [0.05, 0.1) is 7.11 Å². The summed E-state index contributed by atoms with van der Waals surface area (Å²) in [7, 11) is 1.68. The molecule has 0 saturated heterocycles. The highest BCUT2D eigenvalue weighted by molar-refractivity contribution is 5.30. The Bertz CT molecular complexity index is 361. The maximum Gasteiger partial charge on any atom is 0.119 e. The lowest BCUT2D eigenvalue weighted by molar-refractivity contribution is 0.132. The van der Waals surface area contributed by atoms with Crippen LogP contribution in [-0.4, -0.2) is 25.4 Å². The smallest absolute Gasteiger partial charge is 0.119 e. The van der Waals surface area contributed by atoms with Gasteiger partial charge in [-0.3, -0.25) is 0 Å². The number of hydrogen-bond acceptors (Lipinski definition) is 3. The van der Waals surface area contributed by atoms with Gasteiger partial charge in [-0.25, -0.2) is 0 Å². The molecule has 0 radical (unpaired) electrons. The molecule has 0 bridgehead atoms. The maximum absolute atomic E-state index is 9.39. The lowest BCUT2D eigenvalue weighted by atomic mass is 9.88. The van der Waals surface area contributed by atoms with E-state index in [2.05, 4.69) is 32.2 Å². The largest absolute Gasteiger partial charge is 0.497 e. The van der Waals surface area contributed by atoms with Gasteiger partial charge in [-0.1, -0.05) is 26.0 Å². The molecule has 0 aromatic heterocycles. The Labute approximate surface area is 110 Å². The van der Waals surface area contributed by atoms with E-state index < -0.39 is 0 Å². The number of methoxy groups -OCH3 is 1. The Morgan fingerprint density at radius 2 is 2.17 bits per heavy atom. The number of nitrogens with one attached hydrogen (secondary N) is 1. The second-order valence-electron chi connectivity index (χ2n) is 5.20. The average molecular weight is 251 g/mol. The van der Waals surface area contributed by atoms with Crippen molar-refractivity contribution in [3.8, 4) is 5.75 Å². The topological polar surface area (TPSA) is 41.5 Å². The zero-order valence-electron chi connectivity index (χ0n) is 11.9. The molecular formula is C15H25NO2. The van der Waals surface area contributed by atoms with Crippen LogP contribution in [0, 0.1) is 5.41 Å². The van der Waals surface area contributed by atoms with Crippen molar-refractivity contribution in [2.24, 2.45) is 5.41 Å². The van der Waals surface area contributed by atoms with Gasteiger partial charge < -0.3 is 15.2 Å². The molecule has 0 amide bonds. The van der Waals surface area contributed by atoms with Gasteiger partial charge in [0.1, 0.15) is 5.75 Å². The fourth-order valence-corrected chi connectivity index (χ4v) is 1.72. The summed E-state index contributed by atoms with van der Waals surface area (Å²) in [6, 6.07) is 8.32. The molecule has 1 aromatic rings. The van der Waals surface area contributed by atoms with E-state index in [1.54, 1.807) is 7.11 Å². The molecule has 1 unspecified atom stereocenters. The quantitative estimate of drug-likeness (QED) is 0.783. The number of rotatable bonds is 7. The summed E-state index contributed by atoms with van der Waals surface area (Å²) in [5.41, 5.74) is 1.15. The lowest BCUT2D eigenvalue weighted by Crippen LogP contribution is -2.35. The second kappa shape index (κ2) is 6.76. The van der Waals surface area contributed by atoms with Gasteiger partial charge >= 0.3 is 0 Å². The van der Waals surface area contributed by atoms with Gasteiger partial charge in [-0.15, -0.1) is 0 Å². The van der Waals surface area contributed by atoms with Gasteiger partial charge in [0, 0.05) is 24.6 Å². The zero-order chi connectivity index (χ0) is 13.6. The summed E-state index contributed by atoms with van der Waals surface area (Å²) < 4.78 is 5.22. The first-order valence-electron chi connectivity index (χ1n) is 6.53. The molecule has 0 aliphatic carbocycles. The van der Waals surface area contributed by atoms with Gasteiger partial charge in [0.2, 0.25) is 0 Å². The van der Waals surface area contributed by atoms with Crippen LogP contribution in [0.5, 0.6) is 5.75 Å². The summed E-state index contributed by atoms with van der Waals surface area (Å²) in [5.74, 6) is 0.876. The molecule has 1 aromatic carbocycles. The van der Waals surface area contributed by atoms with Gasteiger partial charge in [-0.2, -0.15) is 0 Å². The van der Waals surface area contributed by atoms with E-state index in [-0.39, 0.29) is 18.1 Å². The summed E-state index contributed by atoms with van der Waals surface area (Å²) in [6.45, 7) is 7.34. The minimum absolute atomic E-state index is 0.0485. The van der Waals surface area contributed by atoms with Crippen molar-refractivity contribution >= 4 is 0 Å². The summed E-state index contributed by atoms with van der Waals surface area (Å²) in [6.07, 6.45) is 0.960. The molecule has 0 heterocycles. The van der Waals surface area contributed by atoms with Crippen molar-refractivity contribution in [1.29, 1.82) is 0 Å². The average Bonchev–Trinajstić information content (AvgIpc) is 2.44. The van der Waals surface area contributed by atoms with E-state index in [4.69, 9.17) is 4.74 Å². The van der Waals surface area contributed by atoms with Crippen LogP contribution in [0.25, 0.3) is 0 Å². The van der Waals surface area contributed by atoms with Crippen LogP contribution >= 0.6 is 0 Å². The first kappa shape index (κ1) is 15.0. The minimum Gasteiger partial charge on any atom is -0.497 e. The van der Waals surface area contributed by atoms with Crippen LogP contribution in [0.1, 0.15) is 38.8 Å². The van der Waals surface area contributed by atoms with Crippen LogP contribution in [-0.2, 0) is 0 Å². The Morgan fingerprint density at radius 3 is 2.72 bits per heavy atom. The Hall–Kier alpha value is -1.06. The summed E-state index contributed by atoms with van der Waals surface area (Å²) in [4.78, 5) is 0. The van der Waals surface area contributed by atoms with E-state index in [0.29, 0.717) is 0 Å². The fraction of sp³-hybridized carbons (Fsp3) is 0.600. The number of hydrogen-bond donors (Lipinski definition) is 2. The fourth-order valence-electron chi connectivity index (χ4n) is 1.72. The molecule has 0 aliphatic rings. The third kappa shape index (κ3) is 4.00. The first-order chi connectivity index (χ1) is 8.54. The minimum atomic E-state index is -0.0485. The third-order valence-electron chi connectivity index (χ3n) is 3.66. The molecule has 0 aliphatic heterocycles. The maximum atomic E-state index is 9.39. The highest BCUT2D eigenvalue weighted by Gasteiger charge is 2.21. The van der Waals surface area contributed by atoms with Gasteiger partial charge in [0.25, 0.3) is 0 Å². The normalized spacial score (nSPS) is 16.1. The predicted molar refractivity (Wildman–Crippen MR) is 74.9 cm³/mol. The van der Waals surface area contributed by atoms with Crippen molar-refractivity contribution in [2.45, 2.75) is 33.2 Å². The van der Waals surface area contributed by atoms with E-state index >= 15 is 0 Å². The highest BCUT2D eigenvalue weighted by Crippen LogP contribution is 2.22. The van der Waals surface area contributed by atoms with Gasteiger partial charge in [0.15, 0.2) is 0 Å².